The number of benzene rings is 1. The number of rotatable bonds is 5. The van der Waals surface area contributed by atoms with Crippen LogP contribution in [0.5, 0.6) is 0 Å². The molecule has 0 amide bonds. The van der Waals surface area contributed by atoms with E-state index in [0.29, 0.717) is 5.41 Å². The van der Waals surface area contributed by atoms with Gasteiger partial charge in [0.25, 0.3) is 0 Å². The second kappa shape index (κ2) is 6.36. The maximum absolute atomic E-state index is 13.3. The highest BCUT2D eigenvalue weighted by molar-refractivity contribution is 7.98. The first-order chi connectivity index (χ1) is 12.6. The Bertz CT molecular complexity index is 780. The van der Waals surface area contributed by atoms with E-state index in [1.807, 2.05) is 6.07 Å². The molecule has 1 aromatic heterocycles. The van der Waals surface area contributed by atoms with Crippen molar-refractivity contribution in [3.63, 3.8) is 0 Å². The van der Waals surface area contributed by atoms with Gasteiger partial charge in [-0.2, -0.15) is 0 Å². The van der Waals surface area contributed by atoms with E-state index in [2.05, 4.69) is 21.8 Å². The second-order valence-corrected chi connectivity index (χ2v) is 9.91. The van der Waals surface area contributed by atoms with Crippen molar-refractivity contribution in [1.29, 1.82) is 0 Å². The number of thioether (sulfide) groups is 1. The predicted molar refractivity (Wildman–Crippen MR) is 101 cm³/mol. The average Bonchev–Trinajstić information content (AvgIpc) is 2.91. The van der Waals surface area contributed by atoms with Gasteiger partial charge in [0.15, 0.2) is 5.16 Å². The van der Waals surface area contributed by atoms with Crippen molar-refractivity contribution < 1.29 is 4.39 Å². The molecule has 3 nitrogen and oxygen atoms in total. The monoisotopic (exact) mass is 371 g/mol. The van der Waals surface area contributed by atoms with Crippen LogP contribution in [0, 0.1) is 29.0 Å². The highest BCUT2D eigenvalue weighted by Gasteiger charge is 2.51. The van der Waals surface area contributed by atoms with Gasteiger partial charge in [0.05, 0.1) is 0 Å². The van der Waals surface area contributed by atoms with E-state index in [0.717, 1.165) is 46.5 Å². The fourth-order valence-electron chi connectivity index (χ4n) is 6.24. The third-order valence-corrected chi connectivity index (χ3v) is 7.97. The summed E-state index contributed by atoms with van der Waals surface area (Å²) in [5.74, 6) is 4.59. The van der Waals surface area contributed by atoms with Gasteiger partial charge in [0.2, 0.25) is 0 Å². The first-order valence-corrected chi connectivity index (χ1v) is 10.8. The maximum atomic E-state index is 13.3. The molecule has 0 atom stereocenters. The molecule has 4 saturated carbocycles. The summed E-state index contributed by atoms with van der Waals surface area (Å²) in [6.07, 6.45) is 9.72. The fraction of sp³-hybridized carbons (Fsp3) is 0.619. The Hall–Kier alpha value is -1.36. The largest absolute Gasteiger partial charge is 0.309 e. The van der Waals surface area contributed by atoms with Gasteiger partial charge in [0.1, 0.15) is 11.6 Å². The number of hydrogen-bond donors (Lipinski definition) is 0. The molecule has 0 radical (unpaired) electrons. The molecule has 0 unspecified atom stereocenters. The van der Waals surface area contributed by atoms with Crippen LogP contribution in [0.15, 0.2) is 29.4 Å². The number of aromatic nitrogens is 3. The average molecular weight is 372 g/mol. The van der Waals surface area contributed by atoms with Crippen LogP contribution in [0.4, 0.5) is 4.39 Å². The zero-order valence-corrected chi connectivity index (χ0v) is 16.1. The highest BCUT2D eigenvalue weighted by Crippen LogP contribution is 2.60. The van der Waals surface area contributed by atoms with Crippen molar-refractivity contribution in [2.45, 2.75) is 55.9 Å². The molecular weight excluding hydrogens is 345 g/mol. The molecule has 26 heavy (non-hydrogen) atoms. The van der Waals surface area contributed by atoms with Gasteiger partial charge in [-0.05, 0) is 79.4 Å². The van der Waals surface area contributed by atoms with Crippen molar-refractivity contribution in [2.75, 3.05) is 0 Å². The summed E-state index contributed by atoms with van der Waals surface area (Å²) in [6, 6.07) is 6.81. The third-order valence-electron chi connectivity index (χ3n) is 6.88. The molecule has 0 spiro atoms. The molecule has 2 aromatic rings. The van der Waals surface area contributed by atoms with Gasteiger partial charge in [-0.3, -0.25) is 0 Å². The third kappa shape index (κ3) is 3.08. The summed E-state index contributed by atoms with van der Waals surface area (Å²) >= 11 is 1.64. The van der Waals surface area contributed by atoms with Crippen LogP contribution in [-0.2, 0) is 19.2 Å². The molecule has 0 aliphatic heterocycles. The minimum atomic E-state index is -0.177. The van der Waals surface area contributed by atoms with Gasteiger partial charge in [-0.15, -0.1) is 10.2 Å². The van der Waals surface area contributed by atoms with Crippen LogP contribution in [0.2, 0.25) is 0 Å². The summed E-state index contributed by atoms with van der Waals surface area (Å²) in [4.78, 5) is 0. The lowest BCUT2D eigenvalue weighted by atomic mass is 9.49. The number of halogens is 1. The maximum Gasteiger partial charge on any atom is 0.191 e. The quantitative estimate of drug-likeness (QED) is 0.693. The van der Waals surface area contributed by atoms with E-state index in [1.165, 1.54) is 44.6 Å². The van der Waals surface area contributed by atoms with Crippen molar-refractivity contribution in [1.82, 2.24) is 14.8 Å². The molecule has 4 bridgehead atoms. The van der Waals surface area contributed by atoms with Crippen LogP contribution in [0.1, 0.15) is 49.9 Å². The summed E-state index contributed by atoms with van der Waals surface area (Å²) in [6.45, 7) is 0. The topological polar surface area (TPSA) is 30.7 Å². The standard InChI is InChI=1S/C21H26FN3S/c1-25-19(12-21-9-15-5-16(10-21)7-17(6-15)11-21)23-24-20(25)26-13-14-3-2-4-18(22)8-14/h2-4,8,15-17H,5-7,9-13H2,1H3. The van der Waals surface area contributed by atoms with Crippen molar-refractivity contribution in [3.05, 3.63) is 41.5 Å². The van der Waals surface area contributed by atoms with E-state index >= 15 is 0 Å². The van der Waals surface area contributed by atoms with Crippen LogP contribution in [0.3, 0.4) is 0 Å². The predicted octanol–water partition coefficient (Wildman–Crippen LogP) is 5.01. The van der Waals surface area contributed by atoms with Gasteiger partial charge < -0.3 is 4.57 Å². The van der Waals surface area contributed by atoms with E-state index in [4.69, 9.17) is 0 Å². The Balaban J connectivity index is 1.29. The molecule has 4 aliphatic carbocycles. The molecular formula is C21H26FN3S. The zero-order chi connectivity index (χ0) is 17.7. The highest BCUT2D eigenvalue weighted by atomic mass is 32.2. The second-order valence-electron chi connectivity index (χ2n) is 8.97. The molecule has 0 saturated heterocycles. The van der Waals surface area contributed by atoms with Crippen LogP contribution < -0.4 is 0 Å². The van der Waals surface area contributed by atoms with Crippen LogP contribution >= 0.6 is 11.8 Å². The molecule has 0 N–H and O–H groups in total. The minimum absolute atomic E-state index is 0.177. The van der Waals surface area contributed by atoms with Crippen molar-refractivity contribution >= 4 is 11.8 Å². The van der Waals surface area contributed by atoms with Gasteiger partial charge in [-0.1, -0.05) is 23.9 Å². The molecule has 5 heteroatoms. The smallest absolute Gasteiger partial charge is 0.191 e. The molecule has 1 aromatic carbocycles. The zero-order valence-electron chi connectivity index (χ0n) is 15.3. The lowest BCUT2D eigenvalue weighted by Gasteiger charge is -2.56. The summed E-state index contributed by atoms with van der Waals surface area (Å²) in [7, 11) is 2.09. The van der Waals surface area contributed by atoms with E-state index in [1.54, 1.807) is 23.9 Å². The van der Waals surface area contributed by atoms with E-state index in [9.17, 15) is 4.39 Å². The molecule has 138 valence electrons. The Labute approximate surface area is 158 Å². The van der Waals surface area contributed by atoms with Crippen molar-refractivity contribution in [3.8, 4) is 0 Å². The Kier molecular flexibility index (Phi) is 4.11. The van der Waals surface area contributed by atoms with Gasteiger partial charge in [-0.25, -0.2) is 4.39 Å². The molecule has 1 heterocycles. The normalized spacial score (nSPS) is 32.3. The summed E-state index contributed by atoms with van der Waals surface area (Å²) in [5, 5.41) is 9.91. The Morgan fingerprint density at radius 3 is 2.46 bits per heavy atom. The Morgan fingerprint density at radius 2 is 1.81 bits per heavy atom. The molecule has 4 aliphatic rings. The minimum Gasteiger partial charge on any atom is -0.309 e. The summed E-state index contributed by atoms with van der Waals surface area (Å²) < 4.78 is 15.5. The van der Waals surface area contributed by atoms with Gasteiger partial charge in [0, 0.05) is 19.2 Å². The van der Waals surface area contributed by atoms with Gasteiger partial charge >= 0.3 is 0 Å². The first kappa shape index (κ1) is 16.8. The van der Waals surface area contributed by atoms with Crippen molar-refractivity contribution in [2.24, 2.45) is 30.2 Å². The van der Waals surface area contributed by atoms with E-state index < -0.39 is 0 Å². The van der Waals surface area contributed by atoms with E-state index in [-0.39, 0.29) is 5.82 Å². The number of hydrogen-bond acceptors (Lipinski definition) is 3. The molecule has 6 rings (SSSR count). The van der Waals surface area contributed by atoms with Crippen LogP contribution in [0.25, 0.3) is 0 Å². The lowest BCUT2D eigenvalue weighted by Crippen LogP contribution is -2.47. The first-order valence-electron chi connectivity index (χ1n) is 9.84. The lowest BCUT2D eigenvalue weighted by molar-refractivity contribution is -0.0535. The molecule has 4 fully saturated rings. The fourth-order valence-corrected chi connectivity index (χ4v) is 7.11. The SMILES string of the molecule is Cn1c(CC23CC4CC(CC(C4)C2)C3)nnc1SCc1cccc(F)c1. The number of nitrogens with zero attached hydrogens (tertiary/aromatic N) is 3. The Morgan fingerprint density at radius 1 is 1.12 bits per heavy atom. The summed E-state index contributed by atoms with van der Waals surface area (Å²) in [5.41, 5.74) is 1.47. The van der Waals surface area contributed by atoms with Crippen LogP contribution in [-0.4, -0.2) is 14.8 Å².